The molecule has 1 saturated carbocycles. The Bertz CT molecular complexity index is 401. The molecule has 1 unspecified atom stereocenters. The first kappa shape index (κ1) is 15.0. The molecule has 0 bridgehead atoms. The van der Waals surface area contributed by atoms with Crippen molar-refractivity contribution in [3.8, 4) is 0 Å². The minimum atomic E-state index is -0.126. The molecule has 1 aromatic rings. The van der Waals surface area contributed by atoms with Crippen LogP contribution in [0.5, 0.6) is 0 Å². The van der Waals surface area contributed by atoms with Gasteiger partial charge in [0.15, 0.2) is 0 Å². The van der Waals surface area contributed by atoms with Gasteiger partial charge in [-0.2, -0.15) is 0 Å². The second kappa shape index (κ2) is 8.00. The fourth-order valence-electron chi connectivity index (χ4n) is 2.65. The van der Waals surface area contributed by atoms with Crippen molar-refractivity contribution < 1.29 is 4.79 Å². The molecule has 4 heteroatoms. The van der Waals surface area contributed by atoms with Crippen molar-refractivity contribution in [2.24, 2.45) is 0 Å². The minimum Gasteiger partial charge on any atom is -0.352 e. The molecule has 0 spiro atoms. The van der Waals surface area contributed by atoms with E-state index in [1.165, 1.54) is 24.8 Å². The Morgan fingerprint density at radius 3 is 2.70 bits per heavy atom. The Hall–Kier alpha value is -1.42. The average Bonchev–Trinajstić information content (AvgIpc) is 2.49. The lowest BCUT2D eigenvalue weighted by molar-refractivity contribution is -0.123. The summed E-state index contributed by atoms with van der Waals surface area (Å²) in [7, 11) is 0. The molecule has 110 valence electrons. The van der Waals surface area contributed by atoms with Crippen LogP contribution in [0.1, 0.15) is 44.6 Å². The normalized spacial score (nSPS) is 17.6. The van der Waals surface area contributed by atoms with E-state index in [2.05, 4.69) is 15.6 Å². The van der Waals surface area contributed by atoms with Crippen LogP contribution in [-0.4, -0.2) is 29.5 Å². The molecule has 4 nitrogen and oxygen atoms in total. The highest BCUT2D eigenvalue weighted by molar-refractivity contribution is 5.81. The summed E-state index contributed by atoms with van der Waals surface area (Å²) in [6, 6.07) is 4.28. The van der Waals surface area contributed by atoms with Crippen molar-refractivity contribution in [2.45, 2.75) is 57.5 Å². The third-order valence-electron chi connectivity index (χ3n) is 3.96. The van der Waals surface area contributed by atoms with Gasteiger partial charge in [-0.1, -0.05) is 19.3 Å². The third-order valence-corrected chi connectivity index (χ3v) is 3.96. The molecule has 1 aliphatic rings. The van der Waals surface area contributed by atoms with Crippen LogP contribution in [0, 0.1) is 0 Å². The number of nitrogens with zero attached hydrogens (tertiary/aromatic N) is 1. The van der Waals surface area contributed by atoms with E-state index in [0.29, 0.717) is 6.04 Å². The van der Waals surface area contributed by atoms with E-state index in [4.69, 9.17) is 0 Å². The molecule has 0 aromatic carbocycles. The van der Waals surface area contributed by atoms with E-state index in [9.17, 15) is 4.79 Å². The second-order valence-corrected chi connectivity index (χ2v) is 5.62. The fraction of sp³-hybridized carbons (Fsp3) is 0.625. The third kappa shape index (κ3) is 4.93. The standard InChI is InChI=1S/C16H25N3O/c1-13(16(20)19-15-5-3-2-4-6-15)18-12-9-14-7-10-17-11-8-14/h7-8,10-11,13,15,18H,2-6,9,12H2,1H3,(H,19,20). The molecule has 1 aromatic heterocycles. The van der Waals surface area contributed by atoms with E-state index >= 15 is 0 Å². The van der Waals surface area contributed by atoms with Crippen molar-refractivity contribution in [2.75, 3.05) is 6.54 Å². The van der Waals surface area contributed by atoms with Crippen LogP contribution in [-0.2, 0) is 11.2 Å². The molecule has 1 atom stereocenters. The van der Waals surface area contributed by atoms with Crippen LogP contribution < -0.4 is 10.6 Å². The molecule has 0 radical (unpaired) electrons. The number of hydrogen-bond acceptors (Lipinski definition) is 3. The highest BCUT2D eigenvalue weighted by Gasteiger charge is 2.18. The number of amides is 1. The first-order chi connectivity index (χ1) is 9.75. The van der Waals surface area contributed by atoms with E-state index in [1.807, 2.05) is 19.1 Å². The summed E-state index contributed by atoms with van der Waals surface area (Å²) < 4.78 is 0. The molecule has 1 amide bonds. The number of nitrogens with one attached hydrogen (secondary N) is 2. The molecular weight excluding hydrogens is 250 g/mol. The van der Waals surface area contributed by atoms with Gasteiger partial charge in [-0.25, -0.2) is 0 Å². The molecule has 1 aliphatic carbocycles. The predicted molar refractivity (Wildman–Crippen MR) is 80.4 cm³/mol. The van der Waals surface area contributed by atoms with E-state index < -0.39 is 0 Å². The van der Waals surface area contributed by atoms with Gasteiger partial charge in [0, 0.05) is 18.4 Å². The van der Waals surface area contributed by atoms with Crippen LogP contribution in [0.15, 0.2) is 24.5 Å². The number of hydrogen-bond donors (Lipinski definition) is 2. The Balaban J connectivity index is 1.65. The van der Waals surface area contributed by atoms with Crippen LogP contribution in [0.25, 0.3) is 0 Å². The molecule has 0 aliphatic heterocycles. The number of pyridine rings is 1. The summed E-state index contributed by atoms with van der Waals surface area (Å²) in [6.07, 6.45) is 10.6. The van der Waals surface area contributed by atoms with Crippen molar-refractivity contribution in [3.05, 3.63) is 30.1 Å². The predicted octanol–water partition coefficient (Wildman–Crippen LogP) is 2.05. The topological polar surface area (TPSA) is 54.0 Å². The number of rotatable bonds is 6. The second-order valence-electron chi connectivity index (χ2n) is 5.62. The zero-order valence-corrected chi connectivity index (χ0v) is 12.3. The molecule has 2 rings (SSSR count). The maximum atomic E-state index is 12.1. The Morgan fingerprint density at radius 2 is 2.00 bits per heavy atom. The van der Waals surface area contributed by atoms with Crippen molar-refractivity contribution >= 4 is 5.91 Å². The first-order valence-corrected chi connectivity index (χ1v) is 7.68. The van der Waals surface area contributed by atoms with Gasteiger partial charge in [-0.05, 0) is 50.4 Å². The molecule has 1 fully saturated rings. The smallest absolute Gasteiger partial charge is 0.237 e. The van der Waals surface area contributed by atoms with Crippen molar-refractivity contribution in [1.82, 2.24) is 15.6 Å². The molecule has 2 N–H and O–H groups in total. The van der Waals surface area contributed by atoms with Gasteiger partial charge in [0.1, 0.15) is 0 Å². The van der Waals surface area contributed by atoms with Gasteiger partial charge in [-0.15, -0.1) is 0 Å². The van der Waals surface area contributed by atoms with Crippen LogP contribution in [0.2, 0.25) is 0 Å². The minimum absolute atomic E-state index is 0.126. The Kier molecular flexibility index (Phi) is 5.99. The number of carbonyl (C=O) groups is 1. The van der Waals surface area contributed by atoms with Gasteiger partial charge in [-0.3, -0.25) is 9.78 Å². The molecule has 1 heterocycles. The summed E-state index contributed by atoms with van der Waals surface area (Å²) in [5.41, 5.74) is 1.24. The van der Waals surface area contributed by atoms with Gasteiger partial charge >= 0.3 is 0 Å². The molecule has 0 saturated heterocycles. The van der Waals surface area contributed by atoms with Gasteiger partial charge in [0.2, 0.25) is 5.91 Å². The number of aromatic nitrogens is 1. The average molecular weight is 275 g/mol. The quantitative estimate of drug-likeness (QED) is 0.835. The van der Waals surface area contributed by atoms with Crippen LogP contribution in [0.3, 0.4) is 0 Å². The van der Waals surface area contributed by atoms with E-state index in [0.717, 1.165) is 25.8 Å². The lowest BCUT2D eigenvalue weighted by Gasteiger charge is -2.24. The van der Waals surface area contributed by atoms with Crippen molar-refractivity contribution in [3.63, 3.8) is 0 Å². The summed E-state index contributed by atoms with van der Waals surface area (Å²) in [4.78, 5) is 16.1. The highest BCUT2D eigenvalue weighted by Crippen LogP contribution is 2.17. The van der Waals surface area contributed by atoms with Gasteiger partial charge in [0.25, 0.3) is 0 Å². The molecule has 20 heavy (non-hydrogen) atoms. The SMILES string of the molecule is CC(NCCc1ccncc1)C(=O)NC1CCCCC1. The summed E-state index contributed by atoms with van der Waals surface area (Å²) in [6.45, 7) is 2.74. The lowest BCUT2D eigenvalue weighted by atomic mass is 9.95. The maximum Gasteiger partial charge on any atom is 0.237 e. The maximum absolute atomic E-state index is 12.1. The van der Waals surface area contributed by atoms with Gasteiger partial charge < -0.3 is 10.6 Å². The summed E-state index contributed by atoms with van der Waals surface area (Å²) in [5.74, 6) is 0.131. The fourth-order valence-corrected chi connectivity index (χ4v) is 2.65. The monoisotopic (exact) mass is 275 g/mol. The summed E-state index contributed by atoms with van der Waals surface area (Å²) in [5, 5.41) is 6.44. The van der Waals surface area contributed by atoms with Crippen LogP contribution >= 0.6 is 0 Å². The number of carbonyl (C=O) groups excluding carboxylic acids is 1. The van der Waals surface area contributed by atoms with E-state index in [-0.39, 0.29) is 11.9 Å². The molecular formula is C16H25N3O. The Labute approximate surface area is 121 Å². The van der Waals surface area contributed by atoms with Crippen molar-refractivity contribution in [1.29, 1.82) is 0 Å². The van der Waals surface area contributed by atoms with Crippen LogP contribution in [0.4, 0.5) is 0 Å². The van der Waals surface area contributed by atoms with Gasteiger partial charge in [0.05, 0.1) is 6.04 Å². The first-order valence-electron chi connectivity index (χ1n) is 7.68. The highest BCUT2D eigenvalue weighted by atomic mass is 16.2. The lowest BCUT2D eigenvalue weighted by Crippen LogP contribution is -2.47. The zero-order chi connectivity index (χ0) is 14.2. The zero-order valence-electron chi connectivity index (χ0n) is 12.3. The summed E-state index contributed by atoms with van der Waals surface area (Å²) >= 11 is 0. The Morgan fingerprint density at radius 1 is 1.30 bits per heavy atom. The van der Waals surface area contributed by atoms with E-state index in [1.54, 1.807) is 12.4 Å². The largest absolute Gasteiger partial charge is 0.352 e.